The average molecular weight is 328 g/mol. The quantitative estimate of drug-likeness (QED) is 0.524. The molecule has 124 valence electrons. The fourth-order valence-corrected chi connectivity index (χ4v) is 2.21. The Bertz CT molecular complexity index is 905. The Balaban J connectivity index is 2.12. The number of nitro benzene ring substituents is 1. The smallest absolute Gasteiger partial charge is 0.311 e. The number of fused-ring (bicyclic) bond motifs is 1. The molecule has 0 saturated carbocycles. The Kier molecular flexibility index (Phi) is 3.98. The van der Waals surface area contributed by atoms with Crippen molar-refractivity contribution in [3.8, 4) is 11.6 Å². The fourth-order valence-electron chi connectivity index (χ4n) is 2.21. The maximum absolute atomic E-state index is 11.3. The minimum atomic E-state index is -0.477. The molecule has 2 aromatic heterocycles. The van der Waals surface area contributed by atoms with Gasteiger partial charge in [-0.05, 0) is 12.5 Å². The lowest BCUT2D eigenvalue weighted by molar-refractivity contribution is -0.385. The van der Waals surface area contributed by atoms with Crippen molar-refractivity contribution >= 4 is 17.2 Å². The number of ether oxygens (including phenoxy) is 1. The highest BCUT2D eigenvalue weighted by Crippen LogP contribution is 2.34. The standard InChI is InChI=1S/C15H16N6O3/c1-4-10-7-14(20-15(18-10)16-9-17-20)24-13-8-11(19(2)3)5-6-12(13)21(22)23/h5-9H,4H2,1-3H3. The van der Waals surface area contributed by atoms with Crippen LogP contribution in [-0.4, -0.2) is 38.6 Å². The molecule has 9 heteroatoms. The Hall–Kier alpha value is -3.23. The SMILES string of the molecule is CCc1cc(Oc2cc(N(C)C)ccc2[N+](=O)[O-])n2ncnc2n1. The fraction of sp³-hybridized carbons (Fsp3) is 0.267. The van der Waals surface area contributed by atoms with Crippen LogP contribution in [0.25, 0.3) is 5.78 Å². The topological polar surface area (TPSA) is 98.7 Å². The van der Waals surface area contributed by atoms with Crippen LogP contribution in [-0.2, 0) is 6.42 Å². The summed E-state index contributed by atoms with van der Waals surface area (Å²) in [6, 6.07) is 6.41. The predicted octanol–water partition coefficient (Wildman–Crippen LogP) is 2.45. The van der Waals surface area contributed by atoms with Gasteiger partial charge in [0.2, 0.25) is 11.6 Å². The first-order chi connectivity index (χ1) is 11.5. The number of benzene rings is 1. The van der Waals surface area contributed by atoms with E-state index in [9.17, 15) is 10.1 Å². The van der Waals surface area contributed by atoms with Gasteiger partial charge < -0.3 is 9.64 Å². The Morgan fingerprint density at radius 1 is 1.33 bits per heavy atom. The summed E-state index contributed by atoms with van der Waals surface area (Å²) in [6.45, 7) is 1.95. The van der Waals surface area contributed by atoms with Gasteiger partial charge in [0, 0.05) is 43.7 Å². The van der Waals surface area contributed by atoms with E-state index < -0.39 is 4.92 Å². The van der Waals surface area contributed by atoms with Gasteiger partial charge in [-0.3, -0.25) is 10.1 Å². The molecule has 0 atom stereocenters. The van der Waals surface area contributed by atoms with Gasteiger partial charge in [0.25, 0.3) is 5.78 Å². The van der Waals surface area contributed by atoms with Gasteiger partial charge in [-0.25, -0.2) is 4.98 Å². The van der Waals surface area contributed by atoms with Gasteiger partial charge in [0.15, 0.2) is 0 Å². The molecule has 0 amide bonds. The van der Waals surface area contributed by atoms with Crippen molar-refractivity contribution in [3.05, 3.63) is 46.4 Å². The molecule has 0 saturated heterocycles. The summed E-state index contributed by atoms with van der Waals surface area (Å²) >= 11 is 0. The van der Waals surface area contributed by atoms with E-state index in [2.05, 4.69) is 15.1 Å². The number of aryl methyl sites for hydroxylation is 1. The largest absolute Gasteiger partial charge is 0.431 e. The first-order valence-corrected chi connectivity index (χ1v) is 7.33. The first kappa shape index (κ1) is 15.7. The van der Waals surface area contributed by atoms with E-state index in [4.69, 9.17) is 4.74 Å². The molecule has 0 bridgehead atoms. The van der Waals surface area contributed by atoms with Crippen LogP contribution in [0.15, 0.2) is 30.6 Å². The van der Waals surface area contributed by atoms with Crippen LogP contribution in [0.1, 0.15) is 12.6 Å². The number of nitro groups is 1. The molecule has 0 radical (unpaired) electrons. The number of aromatic nitrogens is 4. The third kappa shape index (κ3) is 2.83. The molecule has 0 N–H and O–H groups in total. The Morgan fingerprint density at radius 2 is 2.12 bits per heavy atom. The maximum atomic E-state index is 11.3. The van der Waals surface area contributed by atoms with Gasteiger partial charge in [0.05, 0.1) is 4.92 Å². The van der Waals surface area contributed by atoms with Crippen LogP contribution in [0.4, 0.5) is 11.4 Å². The maximum Gasteiger partial charge on any atom is 0.311 e. The molecule has 0 aliphatic rings. The van der Waals surface area contributed by atoms with Crippen LogP contribution in [0, 0.1) is 10.1 Å². The minimum Gasteiger partial charge on any atom is -0.431 e. The van der Waals surface area contributed by atoms with Gasteiger partial charge in [-0.15, -0.1) is 0 Å². The second-order valence-corrected chi connectivity index (χ2v) is 5.32. The Morgan fingerprint density at radius 3 is 2.79 bits per heavy atom. The van der Waals surface area contributed by atoms with E-state index in [1.165, 1.54) is 16.9 Å². The molecular formula is C15H16N6O3. The van der Waals surface area contributed by atoms with Crippen molar-refractivity contribution in [2.24, 2.45) is 0 Å². The highest BCUT2D eigenvalue weighted by atomic mass is 16.6. The lowest BCUT2D eigenvalue weighted by Gasteiger charge is -2.14. The molecule has 24 heavy (non-hydrogen) atoms. The number of anilines is 1. The number of rotatable bonds is 5. The summed E-state index contributed by atoms with van der Waals surface area (Å²) in [7, 11) is 3.70. The summed E-state index contributed by atoms with van der Waals surface area (Å²) in [5, 5.41) is 15.4. The lowest BCUT2D eigenvalue weighted by atomic mass is 10.2. The number of hydrogen-bond donors (Lipinski definition) is 0. The zero-order valence-corrected chi connectivity index (χ0v) is 13.5. The molecule has 0 aliphatic carbocycles. The van der Waals surface area contributed by atoms with Crippen molar-refractivity contribution in [1.29, 1.82) is 0 Å². The normalized spacial score (nSPS) is 10.8. The van der Waals surface area contributed by atoms with Crippen molar-refractivity contribution in [2.45, 2.75) is 13.3 Å². The van der Waals surface area contributed by atoms with Crippen LogP contribution in [0.2, 0.25) is 0 Å². The number of hydrogen-bond acceptors (Lipinski definition) is 7. The van der Waals surface area contributed by atoms with Crippen LogP contribution >= 0.6 is 0 Å². The summed E-state index contributed by atoms with van der Waals surface area (Å²) in [6.07, 6.45) is 2.04. The summed E-state index contributed by atoms with van der Waals surface area (Å²) < 4.78 is 7.24. The van der Waals surface area contributed by atoms with E-state index in [-0.39, 0.29) is 11.4 Å². The molecule has 0 spiro atoms. The second-order valence-electron chi connectivity index (χ2n) is 5.32. The minimum absolute atomic E-state index is 0.122. The molecule has 0 unspecified atom stereocenters. The molecule has 0 fully saturated rings. The van der Waals surface area contributed by atoms with Crippen LogP contribution in [0.3, 0.4) is 0 Å². The van der Waals surface area contributed by atoms with E-state index in [0.29, 0.717) is 18.1 Å². The van der Waals surface area contributed by atoms with E-state index >= 15 is 0 Å². The Labute approximate surface area is 137 Å². The van der Waals surface area contributed by atoms with Crippen molar-refractivity contribution in [2.75, 3.05) is 19.0 Å². The molecular weight excluding hydrogens is 312 g/mol. The molecule has 1 aromatic carbocycles. The molecule has 3 aromatic rings. The van der Waals surface area contributed by atoms with E-state index in [1.807, 2.05) is 25.9 Å². The third-order valence-electron chi connectivity index (χ3n) is 3.51. The molecule has 2 heterocycles. The van der Waals surface area contributed by atoms with E-state index in [1.54, 1.807) is 18.2 Å². The highest BCUT2D eigenvalue weighted by molar-refractivity contribution is 5.59. The second kappa shape index (κ2) is 6.11. The van der Waals surface area contributed by atoms with Gasteiger partial charge in [-0.2, -0.15) is 14.6 Å². The highest BCUT2D eigenvalue weighted by Gasteiger charge is 2.19. The van der Waals surface area contributed by atoms with Crippen LogP contribution < -0.4 is 9.64 Å². The summed E-state index contributed by atoms with van der Waals surface area (Å²) in [5.74, 6) is 0.848. The molecule has 3 rings (SSSR count). The number of nitrogens with zero attached hydrogens (tertiary/aromatic N) is 6. The first-order valence-electron chi connectivity index (χ1n) is 7.33. The predicted molar refractivity (Wildman–Crippen MR) is 87.7 cm³/mol. The van der Waals surface area contributed by atoms with Crippen molar-refractivity contribution in [1.82, 2.24) is 19.6 Å². The third-order valence-corrected chi connectivity index (χ3v) is 3.51. The molecule has 0 aliphatic heterocycles. The van der Waals surface area contributed by atoms with Gasteiger partial charge in [0.1, 0.15) is 6.33 Å². The lowest BCUT2D eigenvalue weighted by Crippen LogP contribution is -2.09. The average Bonchev–Trinajstić information content (AvgIpc) is 3.03. The van der Waals surface area contributed by atoms with Gasteiger partial charge >= 0.3 is 5.69 Å². The van der Waals surface area contributed by atoms with Gasteiger partial charge in [-0.1, -0.05) is 6.92 Å². The van der Waals surface area contributed by atoms with Crippen molar-refractivity contribution < 1.29 is 9.66 Å². The summed E-state index contributed by atoms with van der Waals surface area (Å²) in [5.41, 5.74) is 1.43. The molecule has 9 nitrogen and oxygen atoms in total. The zero-order valence-electron chi connectivity index (χ0n) is 13.5. The zero-order chi connectivity index (χ0) is 17.3. The summed E-state index contributed by atoms with van der Waals surface area (Å²) in [4.78, 5) is 21.0. The monoisotopic (exact) mass is 328 g/mol. The van der Waals surface area contributed by atoms with Crippen molar-refractivity contribution in [3.63, 3.8) is 0 Å². The van der Waals surface area contributed by atoms with E-state index in [0.717, 1.165) is 11.4 Å². The van der Waals surface area contributed by atoms with Crippen LogP contribution in [0.5, 0.6) is 11.6 Å².